The van der Waals surface area contributed by atoms with Crippen molar-refractivity contribution in [1.29, 1.82) is 0 Å². The van der Waals surface area contributed by atoms with Gasteiger partial charge in [-0.2, -0.15) is 5.10 Å². The maximum atomic E-state index is 12.5. The van der Waals surface area contributed by atoms with E-state index >= 15 is 0 Å². The second kappa shape index (κ2) is 9.57. The number of ether oxygens (including phenoxy) is 1. The Morgan fingerprint density at radius 2 is 2.10 bits per heavy atom. The van der Waals surface area contributed by atoms with E-state index in [0.29, 0.717) is 23.1 Å². The predicted octanol–water partition coefficient (Wildman–Crippen LogP) is 2.81. The highest BCUT2D eigenvalue weighted by atomic mass is 32.1. The summed E-state index contributed by atoms with van der Waals surface area (Å²) < 4.78 is 6.19. The molecule has 0 saturated carbocycles. The summed E-state index contributed by atoms with van der Waals surface area (Å²) in [7, 11) is 0. The first-order valence-corrected chi connectivity index (χ1v) is 10.7. The summed E-state index contributed by atoms with van der Waals surface area (Å²) in [5, 5.41) is 11.1. The molecule has 1 N–H and O–H groups in total. The SMILES string of the molecule is CCOC(=O)Cc1csc(NC(=O)[C@@H](C)Cn2nc(-c3cccs3)ccc2=O)n1. The van der Waals surface area contributed by atoms with Gasteiger partial charge in [0.25, 0.3) is 5.56 Å². The van der Waals surface area contributed by atoms with Crippen LogP contribution in [-0.4, -0.2) is 33.2 Å². The molecule has 0 spiro atoms. The molecule has 29 heavy (non-hydrogen) atoms. The molecule has 3 aromatic heterocycles. The highest BCUT2D eigenvalue weighted by molar-refractivity contribution is 7.14. The Labute approximate surface area is 175 Å². The Morgan fingerprint density at radius 1 is 1.28 bits per heavy atom. The predicted molar refractivity (Wildman–Crippen MR) is 112 cm³/mol. The van der Waals surface area contributed by atoms with E-state index < -0.39 is 5.92 Å². The zero-order valence-corrected chi connectivity index (χ0v) is 17.6. The van der Waals surface area contributed by atoms with Gasteiger partial charge in [-0.1, -0.05) is 13.0 Å². The van der Waals surface area contributed by atoms with Gasteiger partial charge in [-0.05, 0) is 24.4 Å². The van der Waals surface area contributed by atoms with E-state index in [1.165, 1.54) is 33.4 Å². The maximum absolute atomic E-state index is 12.5. The normalized spacial score (nSPS) is 11.8. The van der Waals surface area contributed by atoms with Gasteiger partial charge in [0.15, 0.2) is 5.13 Å². The number of carbonyl (C=O) groups is 2. The van der Waals surface area contributed by atoms with Gasteiger partial charge < -0.3 is 10.1 Å². The molecular weight excluding hydrogens is 412 g/mol. The molecular formula is C19H20N4O4S2. The molecule has 0 bridgehead atoms. The highest BCUT2D eigenvalue weighted by Gasteiger charge is 2.18. The van der Waals surface area contributed by atoms with Crippen LogP contribution in [0.1, 0.15) is 19.5 Å². The average molecular weight is 433 g/mol. The summed E-state index contributed by atoms with van der Waals surface area (Å²) in [5.74, 6) is -1.14. The fourth-order valence-electron chi connectivity index (χ4n) is 2.51. The van der Waals surface area contributed by atoms with E-state index in [2.05, 4.69) is 15.4 Å². The summed E-state index contributed by atoms with van der Waals surface area (Å²) in [6.07, 6.45) is 0.0601. The van der Waals surface area contributed by atoms with Gasteiger partial charge in [0.2, 0.25) is 5.91 Å². The quantitative estimate of drug-likeness (QED) is 0.549. The lowest BCUT2D eigenvalue weighted by molar-refractivity contribution is -0.142. The molecule has 0 aromatic carbocycles. The minimum atomic E-state index is -0.504. The Hall–Kier alpha value is -2.85. The number of amides is 1. The number of thiophene rings is 1. The van der Waals surface area contributed by atoms with E-state index in [1.54, 1.807) is 25.3 Å². The zero-order chi connectivity index (χ0) is 20.8. The highest BCUT2D eigenvalue weighted by Crippen LogP contribution is 2.21. The number of thiazole rings is 1. The van der Waals surface area contributed by atoms with E-state index in [1.807, 2.05) is 17.5 Å². The number of carbonyl (C=O) groups excluding carboxylic acids is 2. The van der Waals surface area contributed by atoms with E-state index in [-0.39, 0.29) is 30.4 Å². The number of rotatable bonds is 8. The summed E-state index contributed by atoms with van der Waals surface area (Å²) >= 11 is 2.76. The number of esters is 1. The summed E-state index contributed by atoms with van der Waals surface area (Å²) in [5.41, 5.74) is 0.963. The largest absolute Gasteiger partial charge is 0.466 e. The molecule has 3 rings (SSSR count). The second-order valence-corrected chi connectivity index (χ2v) is 8.04. The van der Waals surface area contributed by atoms with Crippen molar-refractivity contribution in [2.45, 2.75) is 26.8 Å². The average Bonchev–Trinajstić information content (AvgIpc) is 3.36. The minimum Gasteiger partial charge on any atom is -0.466 e. The van der Waals surface area contributed by atoms with E-state index in [0.717, 1.165) is 4.88 Å². The Morgan fingerprint density at radius 3 is 2.83 bits per heavy atom. The van der Waals surface area contributed by atoms with Crippen LogP contribution in [0.5, 0.6) is 0 Å². The molecule has 8 nitrogen and oxygen atoms in total. The molecule has 1 atom stereocenters. The minimum absolute atomic E-state index is 0.0601. The molecule has 152 valence electrons. The number of hydrogen-bond acceptors (Lipinski definition) is 8. The smallest absolute Gasteiger partial charge is 0.311 e. The van der Waals surface area contributed by atoms with Gasteiger partial charge in [-0.15, -0.1) is 22.7 Å². The van der Waals surface area contributed by atoms with Crippen molar-refractivity contribution < 1.29 is 14.3 Å². The Kier molecular flexibility index (Phi) is 6.89. The first-order chi connectivity index (χ1) is 14.0. The standard InChI is InChI=1S/C19H20N4O4S2/c1-3-27-17(25)9-13-11-29-19(20-13)21-18(26)12(2)10-23-16(24)7-6-14(22-23)15-5-4-8-28-15/h4-8,11-12H,3,9-10H2,1-2H3,(H,20,21,26)/t12-/m0/s1. The van der Waals surface area contributed by atoms with Crippen LogP contribution < -0.4 is 10.9 Å². The van der Waals surface area contributed by atoms with Crippen LogP contribution >= 0.6 is 22.7 Å². The number of nitrogens with one attached hydrogen (secondary N) is 1. The number of aromatic nitrogens is 3. The molecule has 0 aliphatic rings. The number of anilines is 1. The third-order valence-corrected chi connectivity index (χ3v) is 5.65. The monoisotopic (exact) mass is 432 g/mol. The molecule has 0 aliphatic heterocycles. The van der Waals surface area contributed by atoms with Crippen molar-refractivity contribution in [3.05, 3.63) is 51.1 Å². The van der Waals surface area contributed by atoms with Gasteiger partial charge in [0, 0.05) is 11.4 Å². The Balaban J connectivity index is 1.63. The summed E-state index contributed by atoms with van der Waals surface area (Å²) in [6, 6.07) is 6.97. The van der Waals surface area contributed by atoms with Gasteiger partial charge in [0.05, 0.1) is 36.1 Å². The van der Waals surface area contributed by atoms with Crippen molar-refractivity contribution in [2.75, 3.05) is 11.9 Å². The fraction of sp³-hybridized carbons (Fsp3) is 0.316. The van der Waals surface area contributed by atoms with Crippen LogP contribution in [0.2, 0.25) is 0 Å². The zero-order valence-electron chi connectivity index (χ0n) is 16.0. The third kappa shape index (κ3) is 5.58. The van der Waals surface area contributed by atoms with Crippen LogP contribution in [0.3, 0.4) is 0 Å². The van der Waals surface area contributed by atoms with Crippen molar-refractivity contribution in [3.8, 4) is 10.6 Å². The summed E-state index contributed by atoms with van der Waals surface area (Å²) in [4.78, 5) is 41.3. The fourth-order valence-corrected chi connectivity index (χ4v) is 3.92. The first-order valence-electron chi connectivity index (χ1n) is 8.99. The molecule has 0 unspecified atom stereocenters. The lowest BCUT2D eigenvalue weighted by Gasteiger charge is -2.12. The van der Waals surface area contributed by atoms with Crippen molar-refractivity contribution in [3.63, 3.8) is 0 Å². The Bertz CT molecular complexity index is 1040. The van der Waals surface area contributed by atoms with E-state index in [4.69, 9.17) is 4.74 Å². The molecule has 0 aliphatic carbocycles. The van der Waals surface area contributed by atoms with Crippen LogP contribution in [0.4, 0.5) is 5.13 Å². The molecule has 0 saturated heterocycles. The van der Waals surface area contributed by atoms with Gasteiger partial charge in [-0.25, -0.2) is 9.67 Å². The topological polar surface area (TPSA) is 103 Å². The maximum Gasteiger partial charge on any atom is 0.311 e. The molecule has 3 aromatic rings. The van der Waals surface area contributed by atoms with Crippen molar-refractivity contribution in [1.82, 2.24) is 14.8 Å². The third-order valence-electron chi connectivity index (χ3n) is 3.95. The van der Waals surface area contributed by atoms with Gasteiger partial charge in [0.1, 0.15) is 5.69 Å². The molecule has 0 fully saturated rings. The van der Waals surface area contributed by atoms with Crippen LogP contribution in [0.15, 0.2) is 39.8 Å². The molecule has 3 heterocycles. The van der Waals surface area contributed by atoms with Gasteiger partial charge >= 0.3 is 5.97 Å². The molecule has 0 radical (unpaired) electrons. The summed E-state index contributed by atoms with van der Waals surface area (Å²) in [6.45, 7) is 3.91. The van der Waals surface area contributed by atoms with Crippen LogP contribution in [0.25, 0.3) is 10.6 Å². The van der Waals surface area contributed by atoms with Crippen LogP contribution in [0, 0.1) is 5.92 Å². The number of hydrogen-bond donors (Lipinski definition) is 1. The van der Waals surface area contributed by atoms with Crippen molar-refractivity contribution in [2.24, 2.45) is 5.92 Å². The second-order valence-electron chi connectivity index (χ2n) is 6.23. The van der Waals surface area contributed by atoms with Crippen molar-refractivity contribution >= 4 is 39.7 Å². The van der Waals surface area contributed by atoms with E-state index in [9.17, 15) is 14.4 Å². The van der Waals surface area contributed by atoms with Gasteiger partial charge in [-0.3, -0.25) is 14.4 Å². The molecule has 1 amide bonds. The molecule has 10 heteroatoms. The lowest BCUT2D eigenvalue weighted by atomic mass is 10.1. The number of nitrogens with zero attached hydrogens (tertiary/aromatic N) is 3. The lowest BCUT2D eigenvalue weighted by Crippen LogP contribution is -2.31. The van der Waals surface area contributed by atoms with Crippen LogP contribution in [-0.2, 0) is 27.3 Å². The first kappa shape index (κ1) is 20.9.